The first-order valence-corrected chi connectivity index (χ1v) is 7.81. The highest BCUT2D eigenvalue weighted by Crippen LogP contribution is 2.23. The highest BCUT2D eigenvalue weighted by atomic mass is 35.5. The molecule has 2 aromatic heterocycles. The Morgan fingerprint density at radius 3 is 2.96 bits per heavy atom. The number of nitrogens with zero attached hydrogens (tertiary/aromatic N) is 4. The van der Waals surface area contributed by atoms with Gasteiger partial charge in [0.2, 0.25) is 11.1 Å². The van der Waals surface area contributed by atoms with Crippen molar-refractivity contribution in [1.29, 1.82) is 0 Å². The molecule has 3 rings (SSSR count). The van der Waals surface area contributed by atoms with Crippen LogP contribution in [0.3, 0.4) is 0 Å². The molecule has 124 valence electrons. The van der Waals surface area contributed by atoms with Crippen molar-refractivity contribution in [2.24, 2.45) is 0 Å². The molecule has 1 aliphatic heterocycles. The number of H-pyrrole nitrogens is 1. The van der Waals surface area contributed by atoms with Crippen LogP contribution in [0.4, 0.5) is 0 Å². The van der Waals surface area contributed by atoms with Crippen molar-refractivity contribution < 1.29 is 14.1 Å². The molecule has 0 radical (unpaired) electrons. The van der Waals surface area contributed by atoms with E-state index in [-0.39, 0.29) is 17.2 Å². The van der Waals surface area contributed by atoms with E-state index >= 15 is 0 Å². The fourth-order valence-electron chi connectivity index (χ4n) is 2.57. The second kappa shape index (κ2) is 6.67. The molecule has 1 amide bonds. The summed E-state index contributed by atoms with van der Waals surface area (Å²) in [5, 5.41) is 10.9. The molecule has 1 unspecified atom stereocenters. The van der Waals surface area contributed by atoms with E-state index in [0.29, 0.717) is 38.4 Å². The van der Waals surface area contributed by atoms with E-state index < -0.39 is 0 Å². The van der Waals surface area contributed by atoms with Crippen molar-refractivity contribution in [3.63, 3.8) is 0 Å². The molecule has 0 aliphatic carbocycles. The number of amides is 1. The summed E-state index contributed by atoms with van der Waals surface area (Å²) in [6.45, 7) is 5.12. The second-order valence-corrected chi connectivity index (χ2v) is 5.84. The van der Waals surface area contributed by atoms with Crippen molar-refractivity contribution in [2.75, 3.05) is 19.7 Å². The third kappa shape index (κ3) is 3.53. The highest BCUT2D eigenvalue weighted by Gasteiger charge is 2.28. The zero-order valence-corrected chi connectivity index (χ0v) is 13.8. The number of aromatic nitrogens is 4. The third-order valence-corrected chi connectivity index (χ3v) is 4.14. The minimum absolute atomic E-state index is 0.0437. The molecule has 1 N–H and O–H groups in total. The van der Waals surface area contributed by atoms with E-state index in [0.717, 1.165) is 17.1 Å². The van der Waals surface area contributed by atoms with Gasteiger partial charge in [-0.05, 0) is 31.9 Å². The Bertz CT molecular complexity index is 679. The first-order valence-electron chi connectivity index (χ1n) is 7.43. The van der Waals surface area contributed by atoms with Crippen LogP contribution in [0.15, 0.2) is 4.52 Å². The lowest BCUT2D eigenvalue weighted by molar-refractivity contribution is -0.139. The number of morpholine rings is 1. The first-order chi connectivity index (χ1) is 11.0. The number of aryl methyl sites for hydroxylation is 2. The fraction of sp³-hybridized carbons (Fsp3) is 0.571. The van der Waals surface area contributed by atoms with Crippen LogP contribution in [0, 0.1) is 13.8 Å². The number of carbonyl (C=O) groups excluding carboxylic acids is 1. The van der Waals surface area contributed by atoms with Gasteiger partial charge in [0.15, 0.2) is 5.82 Å². The number of hydrogen-bond acceptors (Lipinski definition) is 6. The van der Waals surface area contributed by atoms with Crippen molar-refractivity contribution >= 4 is 17.5 Å². The summed E-state index contributed by atoms with van der Waals surface area (Å²) >= 11 is 5.93. The van der Waals surface area contributed by atoms with Crippen LogP contribution in [-0.2, 0) is 16.0 Å². The summed E-state index contributed by atoms with van der Waals surface area (Å²) in [4.78, 5) is 18.5. The van der Waals surface area contributed by atoms with Gasteiger partial charge in [-0.2, -0.15) is 5.10 Å². The van der Waals surface area contributed by atoms with Crippen LogP contribution < -0.4 is 0 Å². The van der Waals surface area contributed by atoms with Crippen molar-refractivity contribution in [3.8, 4) is 0 Å². The average molecular weight is 340 g/mol. The largest absolute Gasteiger partial charge is 0.366 e. The summed E-state index contributed by atoms with van der Waals surface area (Å²) in [6.07, 6.45) is 0.564. The lowest BCUT2D eigenvalue weighted by Crippen LogP contribution is -2.42. The Morgan fingerprint density at radius 2 is 2.30 bits per heavy atom. The molecular formula is C14H18ClN5O3. The molecule has 0 saturated carbocycles. The maximum absolute atomic E-state index is 12.4. The van der Waals surface area contributed by atoms with Gasteiger partial charge >= 0.3 is 0 Å². The van der Waals surface area contributed by atoms with Crippen LogP contribution in [-0.4, -0.2) is 50.8 Å². The van der Waals surface area contributed by atoms with Crippen molar-refractivity contribution in [1.82, 2.24) is 25.2 Å². The maximum atomic E-state index is 12.4. The zero-order valence-electron chi connectivity index (χ0n) is 13.0. The Hall–Kier alpha value is -1.93. The van der Waals surface area contributed by atoms with Gasteiger partial charge in [-0.15, -0.1) is 0 Å². The molecule has 8 nitrogen and oxygen atoms in total. The lowest BCUT2D eigenvalue weighted by Gasteiger charge is -2.31. The minimum Gasteiger partial charge on any atom is -0.366 e. The number of halogens is 1. The Balaban J connectivity index is 1.59. The number of hydrogen-bond donors (Lipinski definition) is 1. The zero-order chi connectivity index (χ0) is 16.4. The molecule has 3 heterocycles. The highest BCUT2D eigenvalue weighted by molar-refractivity contribution is 6.29. The van der Waals surface area contributed by atoms with Gasteiger partial charge in [-0.1, -0.05) is 5.16 Å². The average Bonchev–Trinajstić information content (AvgIpc) is 3.12. The third-order valence-electron chi connectivity index (χ3n) is 3.85. The van der Waals surface area contributed by atoms with E-state index in [2.05, 4.69) is 20.3 Å². The van der Waals surface area contributed by atoms with Gasteiger partial charge in [0.1, 0.15) is 11.9 Å². The van der Waals surface area contributed by atoms with E-state index in [1.54, 1.807) is 4.90 Å². The summed E-state index contributed by atoms with van der Waals surface area (Å²) in [7, 11) is 0. The smallest absolute Gasteiger partial charge is 0.229 e. The monoisotopic (exact) mass is 339 g/mol. The number of carbonyl (C=O) groups is 1. The topological polar surface area (TPSA) is 97.1 Å². The van der Waals surface area contributed by atoms with E-state index in [9.17, 15) is 4.79 Å². The van der Waals surface area contributed by atoms with Crippen LogP contribution in [0.1, 0.15) is 35.4 Å². The van der Waals surface area contributed by atoms with E-state index in [1.807, 2.05) is 13.8 Å². The van der Waals surface area contributed by atoms with Crippen molar-refractivity contribution in [3.05, 3.63) is 28.1 Å². The number of ether oxygens (including phenoxy) is 1. The molecule has 9 heteroatoms. The number of nitrogens with one attached hydrogen (secondary N) is 1. The summed E-state index contributed by atoms with van der Waals surface area (Å²) in [6, 6.07) is 0. The van der Waals surface area contributed by atoms with Crippen molar-refractivity contribution in [2.45, 2.75) is 32.8 Å². The van der Waals surface area contributed by atoms with Crippen LogP contribution in [0.25, 0.3) is 0 Å². The van der Waals surface area contributed by atoms with Gasteiger partial charge in [0, 0.05) is 18.5 Å². The molecular weight excluding hydrogens is 322 g/mol. The molecule has 1 atom stereocenters. The van der Waals surface area contributed by atoms with Gasteiger partial charge in [-0.3, -0.25) is 9.89 Å². The quantitative estimate of drug-likeness (QED) is 0.908. The SMILES string of the molecule is Cc1nc(C2CN(C(=O)CCc3c(C)noc3Cl)CCO2)n[nH]1. The maximum Gasteiger partial charge on any atom is 0.229 e. The number of aromatic amines is 1. The first kappa shape index (κ1) is 15.9. The molecule has 1 fully saturated rings. The molecule has 0 spiro atoms. The lowest BCUT2D eigenvalue weighted by atomic mass is 10.1. The predicted octanol–water partition coefficient (Wildman–Crippen LogP) is 1.60. The molecule has 2 aromatic rings. The Kier molecular flexibility index (Phi) is 4.63. The van der Waals surface area contributed by atoms with E-state index in [4.69, 9.17) is 20.9 Å². The van der Waals surface area contributed by atoms with Gasteiger partial charge < -0.3 is 14.2 Å². The Morgan fingerprint density at radius 1 is 1.48 bits per heavy atom. The summed E-state index contributed by atoms with van der Waals surface area (Å²) < 4.78 is 10.6. The summed E-state index contributed by atoms with van der Waals surface area (Å²) in [5.41, 5.74) is 1.51. The molecule has 1 aliphatic rings. The van der Waals surface area contributed by atoms with Gasteiger partial charge in [-0.25, -0.2) is 4.98 Å². The molecule has 0 aromatic carbocycles. The fourth-order valence-corrected chi connectivity index (χ4v) is 2.83. The van der Waals surface area contributed by atoms with Gasteiger partial charge in [0.25, 0.3) is 0 Å². The van der Waals surface area contributed by atoms with Gasteiger partial charge in [0.05, 0.1) is 18.8 Å². The molecule has 0 bridgehead atoms. The van der Waals surface area contributed by atoms with Crippen LogP contribution in [0.5, 0.6) is 0 Å². The molecule has 1 saturated heterocycles. The normalized spacial score (nSPS) is 18.4. The standard InChI is InChI=1S/C14H18ClN5O3/c1-8-10(13(15)23-19-8)3-4-12(21)20-5-6-22-11(7-20)14-16-9(2)17-18-14/h11H,3-7H2,1-2H3,(H,16,17,18). The molecule has 23 heavy (non-hydrogen) atoms. The second-order valence-electron chi connectivity index (χ2n) is 5.50. The van der Waals surface area contributed by atoms with Crippen LogP contribution in [0.2, 0.25) is 5.22 Å². The Labute approximate surface area is 138 Å². The van der Waals surface area contributed by atoms with Crippen LogP contribution >= 0.6 is 11.6 Å². The minimum atomic E-state index is -0.293. The summed E-state index contributed by atoms with van der Waals surface area (Å²) in [5.74, 6) is 1.35. The van der Waals surface area contributed by atoms with E-state index in [1.165, 1.54) is 0 Å². The number of rotatable bonds is 4. The predicted molar refractivity (Wildman–Crippen MR) is 81.0 cm³/mol.